The van der Waals surface area contributed by atoms with Gasteiger partial charge in [-0.2, -0.15) is 0 Å². The van der Waals surface area contributed by atoms with E-state index in [1.807, 2.05) is 0 Å². The first-order valence-corrected chi connectivity index (χ1v) is 18.0. The summed E-state index contributed by atoms with van der Waals surface area (Å²) >= 11 is 0. The number of nitrogens with zero attached hydrogens (tertiary/aromatic N) is 1. The maximum absolute atomic E-state index is 2.56. The second-order valence-corrected chi connectivity index (χ2v) is 14.4. The second-order valence-electron chi connectivity index (χ2n) is 14.4. The predicted octanol–water partition coefficient (Wildman–Crippen LogP) is 13.0. The Hall–Kier alpha value is -6.18. The Morgan fingerprint density at radius 3 is 1.67 bits per heavy atom. The molecule has 0 atom stereocenters. The van der Waals surface area contributed by atoms with Crippen molar-refractivity contribution in [2.24, 2.45) is 0 Å². The van der Waals surface area contributed by atoms with Gasteiger partial charge in [-0.1, -0.05) is 178 Å². The molecule has 242 valence electrons. The van der Waals surface area contributed by atoms with Crippen molar-refractivity contribution in [2.75, 3.05) is 4.90 Å². The highest BCUT2D eigenvalue weighted by atomic mass is 15.1. The predicted molar refractivity (Wildman–Crippen MR) is 213 cm³/mol. The first kappa shape index (κ1) is 29.7. The van der Waals surface area contributed by atoms with Crippen LogP contribution < -0.4 is 4.90 Å². The molecular weight excluding hydrogens is 615 g/mol. The van der Waals surface area contributed by atoms with E-state index in [1.165, 1.54) is 77.8 Å². The fourth-order valence-electron chi connectivity index (χ4n) is 9.47. The molecule has 0 unspecified atom stereocenters. The quantitative estimate of drug-likeness (QED) is 0.179. The van der Waals surface area contributed by atoms with E-state index in [-0.39, 0.29) is 5.41 Å². The summed E-state index contributed by atoms with van der Waals surface area (Å²) in [6.45, 7) is 4.78. The molecule has 0 amide bonds. The molecular formula is C50H37N. The summed E-state index contributed by atoms with van der Waals surface area (Å²) in [4.78, 5) is 2.56. The summed E-state index contributed by atoms with van der Waals surface area (Å²) < 4.78 is 0. The van der Waals surface area contributed by atoms with Crippen LogP contribution in [0.3, 0.4) is 0 Å². The van der Waals surface area contributed by atoms with Crippen LogP contribution in [-0.2, 0) is 10.8 Å². The van der Waals surface area contributed by atoms with Gasteiger partial charge >= 0.3 is 0 Å². The van der Waals surface area contributed by atoms with Crippen molar-refractivity contribution >= 4 is 27.8 Å². The number of fused-ring (bicyclic) bond motifs is 8. The Bertz CT molecular complexity index is 2560. The van der Waals surface area contributed by atoms with Gasteiger partial charge in [0.2, 0.25) is 0 Å². The van der Waals surface area contributed by atoms with Crippen LogP contribution in [0.2, 0.25) is 0 Å². The van der Waals surface area contributed by atoms with Crippen LogP contribution in [0.4, 0.5) is 17.1 Å². The van der Waals surface area contributed by atoms with Gasteiger partial charge in [0, 0.05) is 16.7 Å². The van der Waals surface area contributed by atoms with E-state index in [2.05, 4.69) is 207 Å². The molecule has 51 heavy (non-hydrogen) atoms. The average molecular weight is 652 g/mol. The Morgan fingerprint density at radius 2 is 0.961 bits per heavy atom. The monoisotopic (exact) mass is 651 g/mol. The molecule has 0 heterocycles. The molecule has 0 fully saturated rings. The van der Waals surface area contributed by atoms with Crippen LogP contribution in [0, 0.1) is 0 Å². The summed E-state index contributed by atoms with van der Waals surface area (Å²) in [5.41, 5.74) is 16.0. The summed E-state index contributed by atoms with van der Waals surface area (Å²) in [6, 6.07) is 69.7. The standard InChI is InChI=1S/C50H37N/c1-49(2)42-30-16-14-27-39(42)40-29-18-32-44(47(40)49)51(37-24-10-5-11-25-37)45-33-34-19-12-13-26-38(34)48-46(45)41-28-15-17-31-43(41)50(48,35-20-6-3-7-21-35)36-22-8-4-9-23-36/h3-33H,1-2H3. The third kappa shape index (κ3) is 4.09. The third-order valence-corrected chi connectivity index (χ3v) is 11.5. The lowest BCUT2D eigenvalue weighted by molar-refractivity contribution is 0.661. The van der Waals surface area contributed by atoms with Crippen molar-refractivity contribution in [3.8, 4) is 22.3 Å². The minimum atomic E-state index is -0.527. The smallest absolute Gasteiger partial charge is 0.0720 e. The minimum absolute atomic E-state index is 0.189. The second kappa shape index (κ2) is 11.2. The Balaban J connectivity index is 1.39. The maximum atomic E-state index is 2.56. The fraction of sp³-hybridized carbons (Fsp3) is 0.0800. The van der Waals surface area contributed by atoms with E-state index in [0.29, 0.717) is 0 Å². The molecule has 0 saturated carbocycles. The highest BCUT2D eigenvalue weighted by Gasteiger charge is 2.49. The van der Waals surface area contributed by atoms with Gasteiger partial charge in [0.25, 0.3) is 0 Å². The van der Waals surface area contributed by atoms with Gasteiger partial charge < -0.3 is 4.90 Å². The molecule has 10 rings (SSSR count). The zero-order valence-corrected chi connectivity index (χ0v) is 28.8. The van der Waals surface area contributed by atoms with E-state index in [1.54, 1.807) is 0 Å². The number of para-hydroxylation sites is 1. The zero-order valence-electron chi connectivity index (χ0n) is 28.8. The fourth-order valence-corrected chi connectivity index (χ4v) is 9.47. The summed E-state index contributed by atoms with van der Waals surface area (Å²) in [5, 5.41) is 2.51. The molecule has 0 spiro atoms. The van der Waals surface area contributed by atoms with Gasteiger partial charge in [-0.3, -0.25) is 0 Å². The number of hydrogen-bond donors (Lipinski definition) is 0. The van der Waals surface area contributed by atoms with E-state index in [9.17, 15) is 0 Å². The van der Waals surface area contributed by atoms with Crippen LogP contribution in [0.25, 0.3) is 33.0 Å². The Morgan fingerprint density at radius 1 is 0.412 bits per heavy atom. The molecule has 0 aliphatic heterocycles. The molecule has 8 aromatic carbocycles. The van der Waals surface area contributed by atoms with Gasteiger partial charge in [-0.15, -0.1) is 0 Å². The van der Waals surface area contributed by atoms with Crippen molar-refractivity contribution in [3.05, 3.63) is 221 Å². The van der Waals surface area contributed by atoms with Crippen LogP contribution in [0.1, 0.15) is 47.2 Å². The molecule has 0 aromatic heterocycles. The summed E-state index contributed by atoms with van der Waals surface area (Å²) in [7, 11) is 0. The number of anilines is 3. The molecule has 0 bridgehead atoms. The van der Waals surface area contributed by atoms with E-state index in [4.69, 9.17) is 0 Å². The Kier molecular flexibility index (Phi) is 6.51. The molecule has 0 N–H and O–H groups in total. The van der Waals surface area contributed by atoms with Crippen molar-refractivity contribution in [2.45, 2.75) is 24.7 Å². The topological polar surface area (TPSA) is 3.24 Å². The Labute approximate surface area is 300 Å². The molecule has 1 heteroatoms. The van der Waals surface area contributed by atoms with Gasteiger partial charge in [0.05, 0.1) is 16.8 Å². The van der Waals surface area contributed by atoms with Crippen LogP contribution >= 0.6 is 0 Å². The van der Waals surface area contributed by atoms with Crippen molar-refractivity contribution < 1.29 is 0 Å². The van der Waals surface area contributed by atoms with E-state index >= 15 is 0 Å². The highest BCUT2D eigenvalue weighted by Crippen LogP contribution is 2.62. The number of hydrogen-bond acceptors (Lipinski definition) is 1. The van der Waals surface area contributed by atoms with Gasteiger partial charge in [0.15, 0.2) is 0 Å². The van der Waals surface area contributed by atoms with Crippen molar-refractivity contribution in [3.63, 3.8) is 0 Å². The lowest BCUT2D eigenvalue weighted by Crippen LogP contribution is -2.29. The lowest BCUT2D eigenvalue weighted by Gasteiger charge is -2.36. The van der Waals surface area contributed by atoms with Crippen molar-refractivity contribution in [1.82, 2.24) is 0 Å². The normalized spacial score (nSPS) is 14.4. The SMILES string of the molecule is CC1(C)c2ccccc2-c2cccc(N(c3ccccc3)c3cc4ccccc4c4c3-c3ccccc3C4(c3ccccc3)c3ccccc3)c21. The first-order chi connectivity index (χ1) is 25.1. The highest BCUT2D eigenvalue weighted by molar-refractivity contribution is 6.08. The van der Waals surface area contributed by atoms with E-state index < -0.39 is 5.41 Å². The maximum Gasteiger partial charge on any atom is 0.0720 e. The van der Waals surface area contributed by atoms with Gasteiger partial charge in [0.1, 0.15) is 0 Å². The minimum Gasteiger partial charge on any atom is -0.310 e. The molecule has 1 nitrogen and oxygen atoms in total. The van der Waals surface area contributed by atoms with Crippen LogP contribution in [0.15, 0.2) is 188 Å². The lowest BCUT2D eigenvalue weighted by atomic mass is 9.66. The molecule has 8 aromatic rings. The average Bonchev–Trinajstić information content (AvgIpc) is 3.64. The number of rotatable bonds is 5. The third-order valence-electron chi connectivity index (χ3n) is 11.5. The van der Waals surface area contributed by atoms with E-state index in [0.717, 1.165) is 5.69 Å². The summed E-state index contributed by atoms with van der Waals surface area (Å²) in [5.74, 6) is 0. The zero-order chi connectivity index (χ0) is 34.2. The molecule has 0 saturated heterocycles. The van der Waals surface area contributed by atoms with Crippen LogP contribution in [-0.4, -0.2) is 0 Å². The molecule has 2 aliphatic carbocycles. The molecule has 2 aliphatic rings. The van der Waals surface area contributed by atoms with Crippen molar-refractivity contribution in [1.29, 1.82) is 0 Å². The first-order valence-electron chi connectivity index (χ1n) is 18.0. The van der Waals surface area contributed by atoms with Gasteiger partial charge in [-0.25, -0.2) is 0 Å². The largest absolute Gasteiger partial charge is 0.310 e. The summed E-state index contributed by atoms with van der Waals surface area (Å²) in [6.07, 6.45) is 0. The molecule has 0 radical (unpaired) electrons. The van der Waals surface area contributed by atoms with Gasteiger partial charge in [-0.05, 0) is 85.1 Å². The van der Waals surface area contributed by atoms with Crippen LogP contribution in [0.5, 0.6) is 0 Å². The number of benzene rings is 8.